The van der Waals surface area contributed by atoms with Crippen LogP contribution in [0, 0.1) is 11.3 Å². The van der Waals surface area contributed by atoms with Crippen LogP contribution in [0.2, 0.25) is 0 Å². The summed E-state index contributed by atoms with van der Waals surface area (Å²) in [4.78, 5) is 35.8. The third-order valence-electron chi connectivity index (χ3n) is 7.27. The first-order chi connectivity index (χ1) is 15.9. The van der Waals surface area contributed by atoms with Crippen LogP contribution in [0.3, 0.4) is 0 Å². The quantitative estimate of drug-likeness (QED) is 0.513. The van der Waals surface area contributed by atoms with Crippen molar-refractivity contribution in [2.75, 3.05) is 13.2 Å². The first-order valence-corrected chi connectivity index (χ1v) is 11.2. The number of alkyl carbamates (subject to hydrolysis) is 1. The highest BCUT2D eigenvalue weighted by atomic mass is 16.5. The average molecular weight is 450 g/mol. The van der Waals surface area contributed by atoms with Gasteiger partial charge in [-0.3, -0.25) is 4.79 Å². The molecule has 0 bridgehead atoms. The fourth-order valence-electron chi connectivity index (χ4n) is 5.55. The SMILES string of the molecule is O=C(N[C@H]1C[C@@H]2C[C@]2(C(=O)NCC(O)C(=O)O)C1)OCC1c2ccccc2-c2ccccc21. The zero-order chi connectivity index (χ0) is 23.2. The minimum absolute atomic E-state index is 0.0158. The van der Waals surface area contributed by atoms with Gasteiger partial charge in [-0.1, -0.05) is 48.5 Å². The topological polar surface area (TPSA) is 125 Å². The van der Waals surface area contributed by atoms with Crippen molar-refractivity contribution in [1.82, 2.24) is 10.6 Å². The van der Waals surface area contributed by atoms with E-state index in [1.54, 1.807) is 0 Å². The Labute approximate surface area is 191 Å². The molecular weight excluding hydrogens is 424 g/mol. The maximum Gasteiger partial charge on any atom is 0.407 e. The van der Waals surface area contributed by atoms with Gasteiger partial charge >= 0.3 is 12.1 Å². The van der Waals surface area contributed by atoms with Gasteiger partial charge in [-0.05, 0) is 47.4 Å². The Hall–Kier alpha value is -3.39. The highest BCUT2D eigenvalue weighted by Gasteiger charge is 2.65. The molecule has 0 saturated heterocycles. The summed E-state index contributed by atoms with van der Waals surface area (Å²) in [6.45, 7) is -0.0954. The number of carbonyl (C=O) groups excluding carboxylic acids is 2. The summed E-state index contributed by atoms with van der Waals surface area (Å²) in [6.07, 6.45) is -0.250. The average Bonchev–Trinajstić information content (AvgIpc) is 3.24. The molecule has 3 aliphatic rings. The molecule has 33 heavy (non-hydrogen) atoms. The molecule has 0 radical (unpaired) electrons. The van der Waals surface area contributed by atoms with Gasteiger partial charge in [0.2, 0.25) is 5.91 Å². The van der Waals surface area contributed by atoms with Crippen molar-refractivity contribution in [3.8, 4) is 11.1 Å². The van der Waals surface area contributed by atoms with E-state index in [4.69, 9.17) is 9.84 Å². The van der Waals surface area contributed by atoms with Crippen molar-refractivity contribution in [2.45, 2.75) is 37.3 Å². The van der Waals surface area contributed by atoms with Gasteiger partial charge in [0.15, 0.2) is 6.10 Å². The van der Waals surface area contributed by atoms with E-state index in [1.807, 2.05) is 24.3 Å². The van der Waals surface area contributed by atoms with E-state index in [2.05, 4.69) is 34.9 Å². The van der Waals surface area contributed by atoms with Crippen molar-refractivity contribution < 1.29 is 29.3 Å². The lowest BCUT2D eigenvalue weighted by Crippen LogP contribution is -2.41. The fourth-order valence-corrected chi connectivity index (χ4v) is 5.55. The molecule has 4 N–H and O–H groups in total. The van der Waals surface area contributed by atoms with Gasteiger partial charge in [0.1, 0.15) is 6.61 Å². The lowest BCUT2D eigenvalue weighted by atomic mass is 9.98. The smallest absolute Gasteiger partial charge is 0.407 e. The Balaban J connectivity index is 1.15. The summed E-state index contributed by atoms with van der Waals surface area (Å²) >= 11 is 0. The molecule has 0 aromatic heterocycles. The molecule has 172 valence electrons. The summed E-state index contributed by atoms with van der Waals surface area (Å²) in [5.41, 5.74) is 4.04. The van der Waals surface area contributed by atoms with E-state index in [0.717, 1.165) is 11.1 Å². The van der Waals surface area contributed by atoms with Crippen molar-refractivity contribution >= 4 is 18.0 Å². The Morgan fingerprint density at radius 2 is 1.67 bits per heavy atom. The van der Waals surface area contributed by atoms with Crippen LogP contribution < -0.4 is 10.6 Å². The number of nitrogens with one attached hydrogen (secondary N) is 2. The van der Waals surface area contributed by atoms with Crippen LogP contribution >= 0.6 is 0 Å². The number of carboxylic acids is 1. The highest BCUT2D eigenvalue weighted by molar-refractivity contribution is 5.87. The van der Waals surface area contributed by atoms with Crippen LogP contribution in [0.1, 0.15) is 36.3 Å². The molecule has 0 aliphatic heterocycles. The minimum atomic E-state index is -1.63. The largest absolute Gasteiger partial charge is 0.479 e. The van der Waals surface area contributed by atoms with E-state index in [0.29, 0.717) is 19.3 Å². The Bertz CT molecular complexity index is 1070. The molecule has 2 amide bonds. The second-order valence-corrected chi connectivity index (χ2v) is 9.23. The normalized spacial score (nSPS) is 25.4. The number of fused-ring (bicyclic) bond motifs is 4. The molecule has 1 unspecified atom stereocenters. The molecule has 0 heterocycles. The summed E-state index contributed by atoms with van der Waals surface area (Å²) in [6, 6.07) is 16.1. The number of ether oxygens (including phenoxy) is 1. The van der Waals surface area contributed by atoms with E-state index in [-0.39, 0.29) is 36.9 Å². The van der Waals surface area contributed by atoms with Gasteiger partial charge in [0.05, 0.1) is 12.0 Å². The van der Waals surface area contributed by atoms with E-state index in [9.17, 15) is 19.5 Å². The molecule has 5 rings (SSSR count). The number of hydrogen-bond acceptors (Lipinski definition) is 5. The molecule has 3 aliphatic carbocycles. The van der Waals surface area contributed by atoms with Gasteiger partial charge in [0, 0.05) is 12.0 Å². The summed E-state index contributed by atoms with van der Waals surface area (Å²) < 4.78 is 5.60. The van der Waals surface area contributed by atoms with Crippen molar-refractivity contribution in [2.24, 2.45) is 11.3 Å². The predicted octanol–water partition coefficient (Wildman–Crippen LogP) is 2.26. The molecular formula is C25H26N2O6. The number of rotatable bonds is 7. The standard InChI is InChI=1S/C25H26N2O6/c28-21(22(29)30)12-26-23(31)25-10-14(25)9-15(11-25)27-24(32)33-13-20-18-7-3-1-5-16(18)17-6-2-4-8-19(17)20/h1-8,14-15,20-21,28H,9-13H2,(H,26,31)(H,27,32)(H,29,30)/t14-,15+,21?,25+/m1/s1. The minimum Gasteiger partial charge on any atom is -0.479 e. The molecule has 4 atom stereocenters. The molecule has 8 heteroatoms. The third kappa shape index (κ3) is 3.84. The van der Waals surface area contributed by atoms with E-state index in [1.165, 1.54) is 11.1 Å². The van der Waals surface area contributed by atoms with Gasteiger partial charge in [0.25, 0.3) is 0 Å². The molecule has 2 aromatic rings. The number of hydrogen-bond donors (Lipinski definition) is 4. The number of amides is 2. The molecule has 2 fully saturated rings. The molecule has 8 nitrogen and oxygen atoms in total. The number of aliphatic hydroxyl groups is 1. The van der Waals surface area contributed by atoms with Gasteiger partial charge in [-0.25, -0.2) is 9.59 Å². The van der Waals surface area contributed by atoms with Crippen molar-refractivity contribution in [3.05, 3.63) is 59.7 Å². The maximum absolute atomic E-state index is 12.5. The summed E-state index contributed by atoms with van der Waals surface area (Å²) in [5.74, 6) is -1.50. The lowest BCUT2D eigenvalue weighted by Gasteiger charge is -2.19. The molecule has 2 saturated carbocycles. The molecule has 0 spiro atoms. The number of carbonyl (C=O) groups is 3. The molecule has 2 aromatic carbocycles. The summed E-state index contributed by atoms with van der Waals surface area (Å²) in [7, 11) is 0. The first kappa shape index (κ1) is 21.5. The monoisotopic (exact) mass is 450 g/mol. The first-order valence-electron chi connectivity index (χ1n) is 11.2. The number of carboxylic acid groups (broad SMARTS) is 1. The van der Waals surface area contributed by atoms with Crippen LogP contribution in [0.5, 0.6) is 0 Å². The number of aliphatic carboxylic acids is 1. The predicted molar refractivity (Wildman–Crippen MR) is 118 cm³/mol. The number of aliphatic hydroxyl groups excluding tert-OH is 1. The Morgan fingerprint density at radius 1 is 1.03 bits per heavy atom. The van der Waals surface area contributed by atoms with Crippen LogP contribution in [-0.2, 0) is 14.3 Å². The number of benzene rings is 2. The fraction of sp³-hybridized carbons (Fsp3) is 0.400. The highest BCUT2D eigenvalue weighted by Crippen LogP contribution is 2.63. The zero-order valence-electron chi connectivity index (χ0n) is 18.0. The van der Waals surface area contributed by atoms with Gasteiger partial charge in [-0.2, -0.15) is 0 Å². The second-order valence-electron chi connectivity index (χ2n) is 9.23. The Morgan fingerprint density at radius 3 is 2.30 bits per heavy atom. The second kappa shape index (κ2) is 8.19. The van der Waals surface area contributed by atoms with E-state index < -0.39 is 23.6 Å². The zero-order valence-corrected chi connectivity index (χ0v) is 18.0. The van der Waals surface area contributed by atoms with Gasteiger partial charge in [-0.15, -0.1) is 0 Å². The van der Waals surface area contributed by atoms with Crippen molar-refractivity contribution in [1.29, 1.82) is 0 Å². The van der Waals surface area contributed by atoms with Crippen LogP contribution in [0.15, 0.2) is 48.5 Å². The third-order valence-corrected chi connectivity index (χ3v) is 7.27. The van der Waals surface area contributed by atoms with Gasteiger partial charge < -0.3 is 25.6 Å². The maximum atomic E-state index is 12.5. The Kier molecular flexibility index (Phi) is 5.32. The van der Waals surface area contributed by atoms with Crippen LogP contribution in [0.4, 0.5) is 4.79 Å². The van der Waals surface area contributed by atoms with Crippen LogP contribution in [0.25, 0.3) is 11.1 Å². The van der Waals surface area contributed by atoms with Crippen LogP contribution in [-0.4, -0.2) is 53.5 Å². The van der Waals surface area contributed by atoms with E-state index >= 15 is 0 Å². The summed E-state index contributed by atoms with van der Waals surface area (Å²) in [5, 5.41) is 23.5. The van der Waals surface area contributed by atoms with Crippen molar-refractivity contribution in [3.63, 3.8) is 0 Å². The lowest BCUT2D eigenvalue weighted by molar-refractivity contribution is -0.146.